The van der Waals surface area contributed by atoms with Gasteiger partial charge in [0.05, 0.1) is 0 Å². The molecule has 0 saturated carbocycles. The molecule has 13 heavy (non-hydrogen) atoms. The average Bonchev–Trinajstić information content (AvgIpc) is 1.70. The van der Waals surface area contributed by atoms with Crippen LogP contribution >= 0.6 is 0 Å². The maximum Gasteiger partial charge on any atom is 3.00 e. The third kappa shape index (κ3) is 237. The van der Waals surface area contributed by atoms with Crippen LogP contribution in [0.1, 0.15) is 0 Å². The second kappa shape index (κ2) is 77.8. The van der Waals surface area contributed by atoms with E-state index in [1.807, 2.05) is 0 Å². The number of rotatable bonds is 0. The summed E-state index contributed by atoms with van der Waals surface area (Å²) in [6.45, 7) is 0. The molecule has 72 valence electrons. The van der Waals surface area contributed by atoms with Crippen molar-refractivity contribution >= 4 is 99.9 Å². The molecule has 0 spiro atoms. The molecular weight excluding hydrogens is 673 g/mol. The minimum Gasteiger partial charge on any atom is 3.00 e. The van der Waals surface area contributed by atoms with Gasteiger partial charge >= 0.3 is 165 Å². The van der Waals surface area contributed by atoms with Crippen LogP contribution in [0, 0.1) is 41.3 Å². The molecule has 0 fully saturated rings. The zero-order valence-corrected chi connectivity index (χ0v) is 30.1. The van der Waals surface area contributed by atoms with E-state index < -0.39 is 47.1 Å². The van der Waals surface area contributed by atoms with Gasteiger partial charge in [-0.15, -0.1) is 0 Å². The van der Waals surface area contributed by atoms with Crippen LogP contribution < -0.4 is 12.4 Å². The zero-order valence-electron chi connectivity index (χ0n) is 7.53. The fraction of sp³-hybridized carbons (Fsp3) is 0. The Morgan fingerprint density at radius 3 is 0.615 bits per heavy atom. The van der Waals surface area contributed by atoms with Crippen LogP contribution in [0.5, 0.6) is 0 Å². The second-order valence-corrected chi connectivity index (χ2v) is 1.30. The van der Waals surface area contributed by atoms with Gasteiger partial charge in [-0.3, -0.25) is 0 Å². The van der Waals surface area contributed by atoms with Crippen LogP contribution in [-0.2, 0) is 11.3 Å². The molecule has 0 saturated heterocycles. The molecule has 0 N–H and O–H groups in total. The molecule has 0 aliphatic rings. The van der Waals surface area contributed by atoms with Crippen molar-refractivity contribution in [2.24, 2.45) is 0 Å². The molecule has 0 amide bonds. The molecule has 13 heteroatoms. The van der Waals surface area contributed by atoms with E-state index in [1.165, 1.54) is 0 Å². The topological polar surface area (TPSA) is 120 Å². The van der Waals surface area contributed by atoms with E-state index in [9.17, 15) is 0 Å². The van der Waals surface area contributed by atoms with Crippen molar-refractivity contribution in [1.82, 2.24) is 0 Å². The minimum atomic E-state index is -2.00. The average molecular weight is 682 g/mol. The molecule has 0 unspecified atom stereocenters. The summed E-state index contributed by atoms with van der Waals surface area (Å²) in [6.07, 6.45) is 0. The van der Waals surface area contributed by atoms with Crippen LogP contribution in [-0.4, -0.2) is 99.9 Å². The summed E-state index contributed by atoms with van der Waals surface area (Å²) >= 11 is -6.00. The van der Waals surface area contributed by atoms with E-state index in [-0.39, 0.29) is 94.1 Å². The van der Waals surface area contributed by atoms with Crippen LogP contribution in [0.4, 0.5) is 0 Å². The number of hydrogen-bond donors (Lipinski definition) is 0. The molecule has 0 aliphatic heterocycles. The SMILES string of the molecule is [GeH3].[GeH3].[GeH3].[O]=[Ge][O-].[O]=[Ge][O-].[O]=[Ge][O-].[Pr+3]. The van der Waals surface area contributed by atoms with Crippen molar-refractivity contribution in [1.29, 1.82) is 0 Å². The fourth-order valence-electron chi connectivity index (χ4n) is 0. The summed E-state index contributed by atoms with van der Waals surface area (Å²) in [5, 5.41) is 0. The first kappa shape index (κ1) is 44.0. The molecule has 0 aromatic heterocycles. The van der Waals surface area contributed by atoms with E-state index in [0.29, 0.717) is 0 Å². The van der Waals surface area contributed by atoms with E-state index in [1.54, 1.807) is 0 Å². The molecule has 0 atom stereocenters. The quantitative estimate of drug-likeness (QED) is 0.235. The van der Waals surface area contributed by atoms with E-state index >= 15 is 0 Å². The summed E-state index contributed by atoms with van der Waals surface area (Å²) in [5.74, 6) is 0. The Kier molecular flexibility index (Phi) is 263. The molecule has 0 heterocycles. The van der Waals surface area contributed by atoms with E-state index in [2.05, 4.69) is 0 Å². The second-order valence-electron chi connectivity index (χ2n) is 0.250. The normalized spacial score (nSPS) is 2.77. The molecule has 0 aromatic carbocycles. The first-order valence-corrected chi connectivity index (χ1v) is 6.36. The molecule has 0 bridgehead atoms. The summed E-state index contributed by atoms with van der Waals surface area (Å²) in [7, 11) is 0. The van der Waals surface area contributed by atoms with Gasteiger partial charge in [0.1, 0.15) is 0 Å². The molecule has 0 aromatic rings. The van der Waals surface area contributed by atoms with Crippen molar-refractivity contribution in [3.63, 3.8) is 0 Å². The summed E-state index contributed by atoms with van der Waals surface area (Å²) in [4.78, 5) is 0. The van der Waals surface area contributed by atoms with Gasteiger partial charge in [-0.25, -0.2) is 0 Å². The summed E-state index contributed by atoms with van der Waals surface area (Å²) < 4.78 is 51.0. The van der Waals surface area contributed by atoms with Gasteiger partial charge in [0.25, 0.3) is 0 Å². The van der Waals surface area contributed by atoms with Crippen LogP contribution in [0.2, 0.25) is 0 Å². The van der Waals surface area contributed by atoms with Gasteiger partial charge in [-0.05, 0) is 0 Å². The third-order valence-corrected chi connectivity index (χ3v) is 0. The maximum absolute atomic E-state index is 8.50. The van der Waals surface area contributed by atoms with Crippen LogP contribution in [0.15, 0.2) is 0 Å². The Morgan fingerprint density at radius 2 is 0.615 bits per heavy atom. The van der Waals surface area contributed by atoms with Crippen LogP contribution in [0.3, 0.4) is 0 Å². The van der Waals surface area contributed by atoms with Crippen molar-refractivity contribution < 1.29 is 65.0 Å². The predicted molar refractivity (Wildman–Crippen MR) is 49.1 cm³/mol. The Balaban J connectivity index is -0.00000000720. The predicted octanol–water partition coefficient (Wildman–Crippen LogP) is -8.62. The first-order chi connectivity index (χ1) is 4.24. The van der Waals surface area contributed by atoms with Gasteiger partial charge < -0.3 is 0 Å². The Morgan fingerprint density at radius 1 is 0.615 bits per heavy atom. The smallest absolute Gasteiger partial charge is 3.00 e. The monoisotopic (exact) mass is 689 g/mol. The Labute approximate surface area is 161 Å². The zero-order chi connectivity index (χ0) is 8.12. The van der Waals surface area contributed by atoms with Gasteiger partial charge in [-0.1, -0.05) is 0 Å². The Hall–Kier alpha value is 3.42. The Bertz CT molecular complexity index is 53.9. The van der Waals surface area contributed by atoms with Crippen molar-refractivity contribution in [3.8, 4) is 0 Å². The van der Waals surface area contributed by atoms with Crippen molar-refractivity contribution in [2.45, 2.75) is 0 Å². The largest absolute Gasteiger partial charge is 3.00 e. The summed E-state index contributed by atoms with van der Waals surface area (Å²) in [5.41, 5.74) is 0. The standard InChI is InChI=1S/3GeO2.3GeH3.Pr/c3*2-1-3;;;;/h;;;3*1H3;/q3*-1;;;;+3. The van der Waals surface area contributed by atoms with Gasteiger partial charge in [0, 0.05) is 0 Å². The minimum absolute atomic E-state index is 0. The van der Waals surface area contributed by atoms with Gasteiger partial charge in [-0.2, -0.15) is 0 Å². The van der Waals surface area contributed by atoms with Crippen LogP contribution in [0.25, 0.3) is 0 Å². The summed E-state index contributed by atoms with van der Waals surface area (Å²) in [6, 6.07) is 0. The fourth-order valence-corrected chi connectivity index (χ4v) is 0. The first-order valence-electron chi connectivity index (χ1n) is 1.22. The maximum atomic E-state index is 8.50. The molecule has 6 radical (unpaired) electrons. The molecule has 0 aliphatic carbocycles. The van der Waals surface area contributed by atoms with E-state index in [0.717, 1.165) is 0 Å². The third-order valence-electron chi connectivity index (χ3n) is 0. The van der Waals surface area contributed by atoms with Gasteiger partial charge in [0.2, 0.25) is 0 Å². The molecule has 6 nitrogen and oxygen atoms in total. The molecular formula is H9Ge6O6Pr. The van der Waals surface area contributed by atoms with Crippen molar-refractivity contribution in [2.75, 3.05) is 0 Å². The van der Waals surface area contributed by atoms with Crippen molar-refractivity contribution in [3.05, 3.63) is 0 Å². The van der Waals surface area contributed by atoms with E-state index in [4.69, 9.17) is 23.7 Å². The van der Waals surface area contributed by atoms with Gasteiger partial charge in [0.15, 0.2) is 0 Å². The number of hydrogen-bond acceptors (Lipinski definition) is 6. The molecule has 0 rings (SSSR count).